The molecule has 20 heavy (non-hydrogen) atoms. The van der Waals surface area contributed by atoms with Crippen LogP contribution in [0.25, 0.3) is 0 Å². The van der Waals surface area contributed by atoms with Gasteiger partial charge in [0.15, 0.2) is 0 Å². The maximum atomic E-state index is 13.6. The molecular formula is C13H18FNO4S. The van der Waals surface area contributed by atoms with Gasteiger partial charge < -0.3 is 5.11 Å². The second-order valence-corrected chi connectivity index (χ2v) is 6.44. The smallest absolute Gasteiger partial charge is 0.322 e. The number of aryl methyl sites for hydroxylation is 1. The highest BCUT2D eigenvalue weighted by Crippen LogP contribution is 2.18. The van der Waals surface area contributed by atoms with Crippen LogP contribution in [0.1, 0.15) is 25.8 Å². The van der Waals surface area contributed by atoms with Gasteiger partial charge in [-0.15, -0.1) is 0 Å². The van der Waals surface area contributed by atoms with Gasteiger partial charge in [0.05, 0.1) is 0 Å². The summed E-state index contributed by atoms with van der Waals surface area (Å²) in [7, 11) is -4.22. The number of carboxylic acid groups (broad SMARTS) is 1. The Morgan fingerprint density at radius 1 is 1.45 bits per heavy atom. The minimum Gasteiger partial charge on any atom is -0.480 e. The standard InChI is InChI=1S/C13H18FNO4S/c1-4-9(3)12(13(16)17)15-20(18,19)11-7-8(2)5-6-10(11)14/h5-7,9,12,15H,4H2,1-3H3,(H,16,17)/t9?,12-/m0/s1. The molecule has 0 radical (unpaired) electrons. The Morgan fingerprint density at radius 2 is 2.05 bits per heavy atom. The fourth-order valence-electron chi connectivity index (χ4n) is 1.69. The summed E-state index contributed by atoms with van der Waals surface area (Å²) in [6, 6.07) is 2.37. The molecule has 0 bridgehead atoms. The lowest BCUT2D eigenvalue weighted by Gasteiger charge is -2.20. The van der Waals surface area contributed by atoms with Crippen LogP contribution in [0.4, 0.5) is 4.39 Å². The maximum absolute atomic E-state index is 13.6. The number of benzene rings is 1. The topological polar surface area (TPSA) is 83.5 Å². The molecule has 0 saturated carbocycles. The highest BCUT2D eigenvalue weighted by atomic mass is 32.2. The quantitative estimate of drug-likeness (QED) is 0.841. The van der Waals surface area contributed by atoms with Crippen molar-refractivity contribution in [3.63, 3.8) is 0 Å². The number of hydrogen-bond acceptors (Lipinski definition) is 3. The molecule has 2 atom stereocenters. The van der Waals surface area contributed by atoms with Gasteiger partial charge in [0.2, 0.25) is 10.0 Å². The van der Waals surface area contributed by atoms with Crippen LogP contribution in [0, 0.1) is 18.7 Å². The zero-order valence-corrected chi connectivity index (χ0v) is 12.4. The van der Waals surface area contributed by atoms with Crippen molar-refractivity contribution in [3.8, 4) is 0 Å². The van der Waals surface area contributed by atoms with Gasteiger partial charge in [-0.1, -0.05) is 26.3 Å². The first-order chi connectivity index (χ1) is 9.19. The molecule has 0 spiro atoms. The van der Waals surface area contributed by atoms with E-state index in [1.165, 1.54) is 12.1 Å². The molecule has 0 fully saturated rings. The third kappa shape index (κ3) is 3.77. The first-order valence-electron chi connectivity index (χ1n) is 6.20. The molecule has 0 saturated heterocycles. The Balaban J connectivity index is 3.16. The lowest BCUT2D eigenvalue weighted by atomic mass is 10.0. The number of hydrogen-bond donors (Lipinski definition) is 2. The van der Waals surface area contributed by atoms with E-state index in [-0.39, 0.29) is 0 Å². The third-order valence-corrected chi connectivity index (χ3v) is 4.59. The van der Waals surface area contributed by atoms with Crippen molar-refractivity contribution in [2.75, 3.05) is 0 Å². The second kappa shape index (κ2) is 6.32. The number of nitrogens with one attached hydrogen (secondary N) is 1. The monoisotopic (exact) mass is 303 g/mol. The average Bonchev–Trinajstić information content (AvgIpc) is 2.37. The molecule has 0 aliphatic carbocycles. The average molecular weight is 303 g/mol. The van der Waals surface area contributed by atoms with Gasteiger partial charge in [-0.2, -0.15) is 4.72 Å². The van der Waals surface area contributed by atoms with E-state index in [0.29, 0.717) is 12.0 Å². The normalized spacial score (nSPS) is 14.8. The highest BCUT2D eigenvalue weighted by Gasteiger charge is 2.30. The van der Waals surface area contributed by atoms with Crippen molar-refractivity contribution < 1.29 is 22.7 Å². The first kappa shape index (κ1) is 16.6. The molecule has 5 nitrogen and oxygen atoms in total. The summed E-state index contributed by atoms with van der Waals surface area (Å²) < 4.78 is 39.9. The number of sulfonamides is 1. The Labute approximate surface area is 117 Å². The minimum absolute atomic E-state index is 0.407. The Bertz CT molecular complexity index is 600. The minimum atomic E-state index is -4.22. The first-order valence-corrected chi connectivity index (χ1v) is 7.68. The van der Waals surface area contributed by atoms with Crippen LogP contribution >= 0.6 is 0 Å². The van der Waals surface area contributed by atoms with E-state index in [9.17, 15) is 17.6 Å². The fraction of sp³-hybridized carbons (Fsp3) is 0.462. The molecule has 1 unspecified atom stereocenters. The largest absolute Gasteiger partial charge is 0.480 e. The highest BCUT2D eigenvalue weighted by molar-refractivity contribution is 7.89. The van der Waals surface area contributed by atoms with E-state index >= 15 is 0 Å². The van der Waals surface area contributed by atoms with Crippen molar-refractivity contribution in [2.45, 2.75) is 38.1 Å². The zero-order valence-electron chi connectivity index (χ0n) is 11.6. The van der Waals surface area contributed by atoms with Crippen LogP contribution < -0.4 is 4.72 Å². The molecule has 0 aliphatic rings. The van der Waals surface area contributed by atoms with E-state index in [1.807, 2.05) is 0 Å². The summed E-state index contributed by atoms with van der Waals surface area (Å²) in [4.78, 5) is 10.6. The predicted molar refractivity (Wildman–Crippen MR) is 72.3 cm³/mol. The molecule has 0 heterocycles. The third-order valence-electron chi connectivity index (χ3n) is 3.14. The summed E-state index contributed by atoms with van der Waals surface area (Å²) >= 11 is 0. The maximum Gasteiger partial charge on any atom is 0.322 e. The Morgan fingerprint density at radius 3 is 2.55 bits per heavy atom. The van der Waals surface area contributed by atoms with Crippen LogP contribution in [0.5, 0.6) is 0 Å². The van der Waals surface area contributed by atoms with E-state index in [1.54, 1.807) is 20.8 Å². The molecule has 112 valence electrons. The summed E-state index contributed by atoms with van der Waals surface area (Å²) in [6.45, 7) is 5.00. The number of halogens is 1. The summed E-state index contributed by atoms with van der Waals surface area (Å²) in [5.41, 5.74) is 0.571. The van der Waals surface area contributed by atoms with Crippen molar-refractivity contribution >= 4 is 16.0 Å². The lowest BCUT2D eigenvalue weighted by molar-refractivity contribution is -0.140. The molecule has 1 aromatic rings. The van der Waals surface area contributed by atoms with Crippen LogP contribution in [0.3, 0.4) is 0 Å². The molecule has 1 aromatic carbocycles. The lowest BCUT2D eigenvalue weighted by Crippen LogP contribution is -2.45. The number of rotatable bonds is 6. The van der Waals surface area contributed by atoms with Crippen molar-refractivity contribution in [3.05, 3.63) is 29.6 Å². The van der Waals surface area contributed by atoms with Gasteiger partial charge in [0, 0.05) is 0 Å². The number of aliphatic carboxylic acids is 1. The van der Waals surface area contributed by atoms with Crippen LogP contribution in [-0.2, 0) is 14.8 Å². The van der Waals surface area contributed by atoms with E-state index < -0.39 is 38.7 Å². The Kier molecular flexibility index (Phi) is 5.24. The predicted octanol–water partition coefficient (Wildman–Crippen LogP) is 1.91. The molecule has 2 N–H and O–H groups in total. The summed E-state index contributed by atoms with van der Waals surface area (Å²) in [6.07, 6.45) is 0.482. The van der Waals surface area contributed by atoms with Gasteiger partial charge in [0.1, 0.15) is 16.8 Å². The van der Waals surface area contributed by atoms with Gasteiger partial charge in [-0.25, -0.2) is 12.8 Å². The van der Waals surface area contributed by atoms with E-state index in [0.717, 1.165) is 6.07 Å². The SMILES string of the molecule is CCC(C)[C@H](NS(=O)(=O)c1cc(C)ccc1F)C(=O)O. The van der Waals surface area contributed by atoms with E-state index in [2.05, 4.69) is 4.72 Å². The van der Waals surface area contributed by atoms with Gasteiger partial charge in [0.25, 0.3) is 0 Å². The molecule has 0 amide bonds. The van der Waals surface area contributed by atoms with Gasteiger partial charge in [-0.05, 0) is 30.5 Å². The van der Waals surface area contributed by atoms with Gasteiger partial charge >= 0.3 is 5.97 Å². The number of carboxylic acids is 1. The van der Waals surface area contributed by atoms with Crippen LogP contribution in [0.2, 0.25) is 0 Å². The summed E-state index contributed by atoms with van der Waals surface area (Å²) in [5.74, 6) is -2.59. The van der Waals surface area contributed by atoms with Crippen LogP contribution in [0.15, 0.2) is 23.1 Å². The van der Waals surface area contributed by atoms with Gasteiger partial charge in [-0.3, -0.25) is 4.79 Å². The van der Waals surface area contributed by atoms with Crippen molar-refractivity contribution in [2.24, 2.45) is 5.92 Å². The molecule has 1 rings (SSSR count). The van der Waals surface area contributed by atoms with Crippen molar-refractivity contribution in [1.29, 1.82) is 0 Å². The molecule has 7 heteroatoms. The summed E-state index contributed by atoms with van der Waals surface area (Å²) in [5, 5.41) is 9.09. The van der Waals surface area contributed by atoms with Crippen LogP contribution in [-0.4, -0.2) is 25.5 Å². The molecule has 0 aromatic heterocycles. The van der Waals surface area contributed by atoms with E-state index in [4.69, 9.17) is 5.11 Å². The molecule has 0 aliphatic heterocycles. The zero-order chi connectivity index (χ0) is 15.5. The molecular weight excluding hydrogens is 285 g/mol. The van der Waals surface area contributed by atoms with Crippen molar-refractivity contribution in [1.82, 2.24) is 4.72 Å². The number of carbonyl (C=O) groups is 1. The fourth-order valence-corrected chi connectivity index (χ4v) is 3.15. The second-order valence-electron chi connectivity index (χ2n) is 4.76. The Hall–Kier alpha value is -1.47.